The van der Waals surface area contributed by atoms with Crippen LogP contribution in [0.15, 0.2) is 0 Å². The molecule has 0 aromatic heterocycles. The molecule has 7 heteroatoms. The normalized spacial score (nSPS) is 13.7. The lowest BCUT2D eigenvalue weighted by Crippen LogP contribution is -2.37. The minimum absolute atomic E-state index is 0.216. The van der Waals surface area contributed by atoms with Gasteiger partial charge in [0, 0.05) is 20.6 Å². The van der Waals surface area contributed by atoms with E-state index in [1.807, 2.05) is 13.8 Å². The van der Waals surface area contributed by atoms with Gasteiger partial charge in [0.25, 0.3) is 0 Å². The van der Waals surface area contributed by atoms with Crippen molar-refractivity contribution in [3.63, 3.8) is 0 Å². The molecule has 1 unspecified atom stereocenters. The predicted molar refractivity (Wildman–Crippen MR) is 71.1 cm³/mol. The zero-order chi connectivity index (χ0) is 14.3. The van der Waals surface area contributed by atoms with Crippen LogP contribution < -0.4 is 5.32 Å². The number of carbonyl (C=O) groups is 1. The number of sulfone groups is 1. The van der Waals surface area contributed by atoms with Crippen molar-refractivity contribution < 1.29 is 18.3 Å². The summed E-state index contributed by atoms with van der Waals surface area (Å²) in [4.78, 5) is 12.5. The number of rotatable bonds is 8. The average molecular weight is 280 g/mol. The molecule has 0 aromatic rings. The number of nitrogens with one attached hydrogen (secondary N) is 1. The van der Waals surface area contributed by atoms with E-state index < -0.39 is 33.4 Å². The molecular formula is C11H24N2O4S. The lowest BCUT2D eigenvalue weighted by Gasteiger charge is -2.14. The highest BCUT2D eigenvalue weighted by Crippen LogP contribution is 1.97. The molecule has 0 heterocycles. The van der Waals surface area contributed by atoms with Gasteiger partial charge < -0.3 is 15.3 Å². The SMILES string of the molecule is CC(C)CNCC(O)CS(=O)(=O)CC(=O)N(C)C. The Hall–Kier alpha value is -0.660. The summed E-state index contributed by atoms with van der Waals surface area (Å²) >= 11 is 0. The fourth-order valence-electron chi connectivity index (χ4n) is 1.27. The summed E-state index contributed by atoms with van der Waals surface area (Å²) in [7, 11) is -0.560. The quantitative estimate of drug-likeness (QED) is 0.601. The van der Waals surface area contributed by atoms with E-state index in [1.54, 1.807) is 0 Å². The molecule has 1 amide bonds. The Bertz CT molecular complexity index is 352. The van der Waals surface area contributed by atoms with Crippen LogP contribution in [0.3, 0.4) is 0 Å². The van der Waals surface area contributed by atoms with Crippen molar-refractivity contribution in [2.75, 3.05) is 38.7 Å². The van der Waals surface area contributed by atoms with Crippen LogP contribution in [0.1, 0.15) is 13.8 Å². The Labute approximate surface area is 109 Å². The van der Waals surface area contributed by atoms with E-state index in [-0.39, 0.29) is 6.54 Å². The largest absolute Gasteiger partial charge is 0.391 e. The van der Waals surface area contributed by atoms with Crippen LogP contribution in [0.5, 0.6) is 0 Å². The van der Waals surface area contributed by atoms with Gasteiger partial charge in [-0.15, -0.1) is 0 Å². The van der Waals surface area contributed by atoms with Gasteiger partial charge >= 0.3 is 0 Å². The molecular weight excluding hydrogens is 256 g/mol. The third-order valence-electron chi connectivity index (χ3n) is 2.22. The number of aliphatic hydroxyl groups excluding tert-OH is 1. The molecule has 0 aliphatic carbocycles. The third-order valence-corrected chi connectivity index (χ3v) is 3.80. The smallest absolute Gasteiger partial charge is 0.237 e. The van der Waals surface area contributed by atoms with Gasteiger partial charge in [0.2, 0.25) is 5.91 Å². The standard InChI is InChI=1S/C11H24N2O4S/c1-9(2)5-12-6-10(14)7-18(16,17)8-11(15)13(3)4/h9-10,12,14H,5-8H2,1-4H3. The van der Waals surface area contributed by atoms with Gasteiger partial charge in [-0.3, -0.25) is 4.79 Å². The monoisotopic (exact) mass is 280 g/mol. The molecule has 0 spiro atoms. The van der Waals surface area contributed by atoms with Gasteiger partial charge in [-0.25, -0.2) is 8.42 Å². The first kappa shape index (κ1) is 17.3. The summed E-state index contributed by atoms with van der Waals surface area (Å²) in [5, 5.41) is 12.6. The maximum Gasteiger partial charge on any atom is 0.237 e. The van der Waals surface area contributed by atoms with Gasteiger partial charge in [-0.1, -0.05) is 13.8 Å². The Morgan fingerprint density at radius 1 is 1.28 bits per heavy atom. The predicted octanol–water partition coefficient (Wildman–Crippen LogP) is -0.904. The molecule has 0 saturated carbocycles. The summed E-state index contributed by atoms with van der Waals surface area (Å²) in [6, 6.07) is 0. The Morgan fingerprint density at radius 2 is 1.83 bits per heavy atom. The van der Waals surface area contributed by atoms with Crippen molar-refractivity contribution in [1.82, 2.24) is 10.2 Å². The number of hydrogen-bond acceptors (Lipinski definition) is 5. The first-order valence-electron chi connectivity index (χ1n) is 5.93. The molecule has 108 valence electrons. The van der Waals surface area contributed by atoms with Crippen LogP contribution in [0.2, 0.25) is 0 Å². The van der Waals surface area contributed by atoms with Crippen LogP contribution in [-0.2, 0) is 14.6 Å². The maximum absolute atomic E-state index is 11.6. The van der Waals surface area contributed by atoms with Gasteiger partial charge in [0.15, 0.2) is 9.84 Å². The van der Waals surface area contributed by atoms with Crippen molar-refractivity contribution in [2.24, 2.45) is 5.92 Å². The molecule has 2 N–H and O–H groups in total. The average Bonchev–Trinajstić information content (AvgIpc) is 2.14. The molecule has 0 radical (unpaired) electrons. The van der Waals surface area contributed by atoms with Crippen molar-refractivity contribution in [3.05, 3.63) is 0 Å². The fraction of sp³-hybridized carbons (Fsp3) is 0.909. The maximum atomic E-state index is 11.6. The molecule has 6 nitrogen and oxygen atoms in total. The van der Waals surface area contributed by atoms with Crippen LogP contribution in [0.4, 0.5) is 0 Å². The molecule has 0 rings (SSSR count). The molecule has 0 aliphatic heterocycles. The number of amides is 1. The lowest BCUT2D eigenvalue weighted by molar-refractivity contribution is -0.125. The molecule has 18 heavy (non-hydrogen) atoms. The molecule has 0 bridgehead atoms. The van der Waals surface area contributed by atoms with Gasteiger partial charge in [-0.2, -0.15) is 0 Å². The molecule has 0 aromatic carbocycles. The van der Waals surface area contributed by atoms with E-state index in [0.29, 0.717) is 12.5 Å². The van der Waals surface area contributed by atoms with Crippen LogP contribution in [0.25, 0.3) is 0 Å². The molecule has 0 saturated heterocycles. The van der Waals surface area contributed by atoms with Gasteiger partial charge in [0.1, 0.15) is 5.75 Å². The van der Waals surface area contributed by atoms with E-state index in [9.17, 15) is 18.3 Å². The second-order valence-corrected chi connectivity index (χ2v) is 7.16. The lowest BCUT2D eigenvalue weighted by atomic mass is 10.2. The minimum atomic E-state index is -3.56. The van der Waals surface area contributed by atoms with Crippen LogP contribution in [-0.4, -0.2) is 69.1 Å². The second-order valence-electron chi connectivity index (χ2n) is 5.05. The highest BCUT2D eigenvalue weighted by molar-refractivity contribution is 7.92. The van der Waals surface area contributed by atoms with Gasteiger partial charge in [-0.05, 0) is 12.5 Å². The topological polar surface area (TPSA) is 86.7 Å². The number of nitrogens with zero attached hydrogens (tertiary/aromatic N) is 1. The van der Waals surface area contributed by atoms with E-state index >= 15 is 0 Å². The fourth-order valence-corrected chi connectivity index (χ4v) is 2.72. The van der Waals surface area contributed by atoms with Crippen LogP contribution in [0, 0.1) is 5.92 Å². The highest BCUT2D eigenvalue weighted by atomic mass is 32.2. The summed E-state index contributed by atoms with van der Waals surface area (Å²) in [5.41, 5.74) is 0. The molecule has 1 atom stereocenters. The summed E-state index contributed by atoms with van der Waals surface area (Å²) < 4.78 is 23.2. The van der Waals surface area contributed by atoms with Crippen molar-refractivity contribution in [2.45, 2.75) is 20.0 Å². The Kier molecular flexibility index (Phi) is 7.42. The summed E-state index contributed by atoms with van der Waals surface area (Å²) in [5.74, 6) is -0.986. The minimum Gasteiger partial charge on any atom is -0.391 e. The van der Waals surface area contributed by atoms with Crippen molar-refractivity contribution in [3.8, 4) is 0 Å². The van der Waals surface area contributed by atoms with Crippen LogP contribution >= 0.6 is 0 Å². The van der Waals surface area contributed by atoms with Gasteiger partial charge in [0.05, 0.1) is 11.9 Å². The van der Waals surface area contributed by atoms with E-state index in [2.05, 4.69) is 5.32 Å². The third kappa shape index (κ3) is 8.43. The number of carbonyl (C=O) groups excluding carboxylic acids is 1. The highest BCUT2D eigenvalue weighted by Gasteiger charge is 2.21. The number of aliphatic hydroxyl groups is 1. The first-order valence-corrected chi connectivity index (χ1v) is 7.75. The zero-order valence-electron chi connectivity index (χ0n) is 11.5. The zero-order valence-corrected chi connectivity index (χ0v) is 12.3. The first-order chi connectivity index (χ1) is 8.14. The van der Waals surface area contributed by atoms with E-state index in [4.69, 9.17) is 0 Å². The van der Waals surface area contributed by atoms with Crippen molar-refractivity contribution >= 4 is 15.7 Å². The summed E-state index contributed by atoms with van der Waals surface area (Å²) in [6.07, 6.45) is -0.983. The molecule has 0 fully saturated rings. The Morgan fingerprint density at radius 3 is 2.28 bits per heavy atom. The van der Waals surface area contributed by atoms with E-state index in [0.717, 1.165) is 0 Å². The van der Waals surface area contributed by atoms with Crippen molar-refractivity contribution in [1.29, 1.82) is 0 Å². The number of hydrogen-bond donors (Lipinski definition) is 2. The second kappa shape index (κ2) is 7.70. The molecule has 0 aliphatic rings. The Balaban J connectivity index is 4.12. The van der Waals surface area contributed by atoms with E-state index in [1.165, 1.54) is 19.0 Å². The summed E-state index contributed by atoms with van der Waals surface area (Å²) in [6.45, 7) is 4.97.